The van der Waals surface area contributed by atoms with Gasteiger partial charge >= 0.3 is 0 Å². The molecule has 4 aromatic rings. The first-order valence-electron chi connectivity index (χ1n) is 9.33. The van der Waals surface area contributed by atoms with E-state index in [1.165, 1.54) is 23.5 Å². The van der Waals surface area contributed by atoms with E-state index in [2.05, 4.69) is 10.3 Å². The van der Waals surface area contributed by atoms with Gasteiger partial charge < -0.3 is 5.32 Å². The highest BCUT2D eigenvalue weighted by atomic mass is 32.2. The van der Waals surface area contributed by atoms with Gasteiger partial charge in [-0.3, -0.25) is 14.2 Å². The van der Waals surface area contributed by atoms with Crippen molar-refractivity contribution in [3.05, 3.63) is 76.8 Å². The van der Waals surface area contributed by atoms with Gasteiger partial charge in [-0.2, -0.15) is 0 Å². The van der Waals surface area contributed by atoms with Crippen LogP contribution in [0.15, 0.2) is 70.6 Å². The minimum atomic E-state index is -0.493. The predicted octanol–water partition coefficient (Wildman–Crippen LogP) is 5.01. The first-order chi connectivity index (χ1) is 14.6. The second-order valence-corrected chi connectivity index (χ2v) is 8.45. The second-order valence-electron chi connectivity index (χ2n) is 6.45. The van der Waals surface area contributed by atoms with Crippen LogP contribution in [-0.4, -0.2) is 21.2 Å². The van der Waals surface area contributed by atoms with Crippen molar-refractivity contribution < 1.29 is 9.18 Å². The zero-order valence-corrected chi connectivity index (χ0v) is 17.7. The minimum absolute atomic E-state index is 0.0158. The molecule has 0 saturated heterocycles. The SMILES string of the molecule is CCn1c(SCC(=O)Nc2ccccc2F)nc2cc(-c3ccccc3)sc2c1=O. The van der Waals surface area contributed by atoms with Crippen LogP contribution >= 0.6 is 23.1 Å². The average Bonchev–Trinajstić information content (AvgIpc) is 3.19. The summed E-state index contributed by atoms with van der Waals surface area (Å²) in [6.07, 6.45) is 0. The zero-order valence-electron chi connectivity index (χ0n) is 16.1. The number of nitrogens with one attached hydrogen (secondary N) is 1. The molecule has 0 fully saturated rings. The Morgan fingerprint density at radius 2 is 1.90 bits per heavy atom. The predicted molar refractivity (Wildman–Crippen MR) is 121 cm³/mol. The van der Waals surface area contributed by atoms with Gasteiger partial charge in [-0.25, -0.2) is 9.37 Å². The largest absolute Gasteiger partial charge is 0.323 e. The number of aromatic nitrogens is 2. The Morgan fingerprint density at radius 1 is 1.17 bits per heavy atom. The van der Waals surface area contributed by atoms with Gasteiger partial charge in [-0.1, -0.05) is 54.2 Å². The Bertz CT molecular complexity index is 1270. The molecule has 8 heteroatoms. The van der Waals surface area contributed by atoms with E-state index in [1.807, 2.05) is 43.3 Å². The quantitative estimate of drug-likeness (QED) is 0.339. The molecule has 0 bridgehead atoms. The van der Waals surface area contributed by atoms with Gasteiger partial charge in [0.15, 0.2) is 5.16 Å². The average molecular weight is 440 g/mol. The normalized spacial score (nSPS) is 11.0. The van der Waals surface area contributed by atoms with Crippen LogP contribution in [0.4, 0.5) is 10.1 Å². The third-order valence-electron chi connectivity index (χ3n) is 4.45. The van der Waals surface area contributed by atoms with Crippen molar-refractivity contribution in [3.63, 3.8) is 0 Å². The van der Waals surface area contributed by atoms with Crippen LogP contribution in [0.5, 0.6) is 0 Å². The Labute approximate surface area is 180 Å². The number of carbonyl (C=O) groups excluding carboxylic acids is 1. The molecule has 152 valence electrons. The Morgan fingerprint density at radius 3 is 2.63 bits per heavy atom. The Kier molecular flexibility index (Phi) is 5.96. The number of nitrogens with zero attached hydrogens (tertiary/aromatic N) is 2. The summed E-state index contributed by atoms with van der Waals surface area (Å²) < 4.78 is 15.9. The molecule has 2 heterocycles. The van der Waals surface area contributed by atoms with E-state index < -0.39 is 5.82 Å². The maximum Gasteiger partial charge on any atom is 0.272 e. The molecular formula is C22H18FN3O2S2. The highest BCUT2D eigenvalue weighted by molar-refractivity contribution is 7.99. The van der Waals surface area contributed by atoms with Gasteiger partial charge in [0.05, 0.1) is 17.0 Å². The number of anilines is 1. The third kappa shape index (κ3) is 4.15. The number of fused-ring (bicyclic) bond motifs is 1. The van der Waals surface area contributed by atoms with Crippen molar-refractivity contribution in [1.29, 1.82) is 0 Å². The molecule has 0 aliphatic carbocycles. The van der Waals surface area contributed by atoms with Crippen molar-refractivity contribution in [1.82, 2.24) is 9.55 Å². The van der Waals surface area contributed by atoms with E-state index in [-0.39, 0.29) is 22.9 Å². The Balaban J connectivity index is 1.59. The summed E-state index contributed by atoms with van der Waals surface area (Å²) in [6.45, 7) is 2.31. The topological polar surface area (TPSA) is 64.0 Å². The summed E-state index contributed by atoms with van der Waals surface area (Å²) in [5.41, 5.74) is 1.66. The molecule has 0 saturated carbocycles. The number of amides is 1. The smallest absolute Gasteiger partial charge is 0.272 e. The van der Waals surface area contributed by atoms with Crippen molar-refractivity contribution in [2.24, 2.45) is 0 Å². The molecule has 0 atom stereocenters. The maximum absolute atomic E-state index is 13.7. The number of thioether (sulfide) groups is 1. The second kappa shape index (κ2) is 8.81. The molecule has 0 aliphatic rings. The number of thiophene rings is 1. The van der Waals surface area contributed by atoms with E-state index in [0.29, 0.717) is 21.9 Å². The lowest BCUT2D eigenvalue weighted by molar-refractivity contribution is -0.113. The first-order valence-corrected chi connectivity index (χ1v) is 11.1. The molecule has 0 aliphatic heterocycles. The number of halogens is 1. The van der Waals surface area contributed by atoms with Crippen LogP contribution in [-0.2, 0) is 11.3 Å². The van der Waals surface area contributed by atoms with Gasteiger partial charge in [-0.15, -0.1) is 11.3 Å². The summed E-state index contributed by atoms with van der Waals surface area (Å²) in [6, 6.07) is 17.7. The molecule has 0 spiro atoms. The molecule has 4 rings (SSSR count). The lowest BCUT2D eigenvalue weighted by atomic mass is 10.2. The van der Waals surface area contributed by atoms with E-state index in [4.69, 9.17) is 0 Å². The molecule has 1 amide bonds. The molecule has 2 aromatic heterocycles. The van der Waals surface area contributed by atoms with Gasteiger partial charge in [0, 0.05) is 11.4 Å². The maximum atomic E-state index is 13.7. The van der Waals surface area contributed by atoms with E-state index in [0.717, 1.165) is 22.2 Å². The zero-order chi connectivity index (χ0) is 21.1. The van der Waals surface area contributed by atoms with E-state index in [9.17, 15) is 14.0 Å². The summed E-state index contributed by atoms with van der Waals surface area (Å²) in [5, 5.41) is 3.02. The monoisotopic (exact) mass is 439 g/mol. The first kappa shape index (κ1) is 20.3. The van der Waals surface area contributed by atoms with Crippen LogP contribution in [0.3, 0.4) is 0 Å². The van der Waals surface area contributed by atoms with Crippen LogP contribution in [0.1, 0.15) is 6.92 Å². The number of rotatable bonds is 6. The fourth-order valence-electron chi connectivity index (χ4n) is 3.00. The van der Waals surface area contributed by atoms with E-state index in [1.54, 1.807) is 16.7 Å². The summed E-state index contributed by atoms with van der Waals surface area (Å²) in [5.74, 6) is -0.841. The van der Waals surface area contributed by atoms with Gasteiger partial charge in [0.2, 0.25) is 5.91 Å². The van der Waals surface area contributed by atoms with Crippen LogP contribution in [0.2, 0.25) is 0 Å². The number of para-hydroxylation sites is 1. The summed E-state index contributed by atoms with van der Waals surface area (Å²) in [7, 11) is 0. The molecular weight excluding hydrogens is 421 g/mol. The lowest BCUT2D eigenvalue weighted by Crippen LogP contribution is -2.22. The molecule has 0 radical (unpaired) electrons. The minimum Gasteiger partial charge on any atom is -0.323 e. The van der Waals surface area contributed by atoms with Gasteiger partial charge in [0.1, 0.15) is 10.5 Å². The number of benzene rings is 2. The molecule has 2 aromatic carbocycles. The number of hydrogen-bond donors (Lipinski definition) is 1. The molecule has 5 nitrogen and oxygen atoms in total. The van der Waals surface area contributed by atoms with Crippen molar-refractivity contribution >= 4 is 44.9 Å². The van der Waals surface area contributed by atoms with Gasteiger partial charge in [0.25, 0.3) is 5.56 Å². The summed E-state index contributed by atoms with van der Waals surface area (Å²) in [4.78, 5) is 30.8. The van der Waals surface area contributed by atoms with Crippen molar-refractivity contribution in [3.8, 4) is 10.4 Å². The van der Waals surface area contributed by atoms with Gasteiger partial charge in [-0.05, 0) is 30.7 Å². The Hall–Kier alpha value is -2.97. The number of hydrogen-bond acceptors (Lipinski definition) is 5. The van der Waals surface area contributed by atoms with Crippen molar-refractivity contribution in [2.75, 3.05) is 11.1 Å². The molecule has 30 heavy (non-hydrogen) atoms. The highest BCUT2D eigenvalue weighted by Crippen LogP contribution is 2.32. The fraction of sp³-hybridized carbons (Fsp3) is 0.136. The lowest BCUT2D eigenvalue weighted by Gasteiger charge is -2.10. The van der Waals surface area contributed by atoms with E-state index >= 15 is 0 Å². The molecule has 1 N–H and O–H groups in total. The fourth-order valence-corrected chi connectivity index (χ4v) is 4.92. The summed E-state index contributed by atoms with van der Waals surface area (Å²) >= 11 is 2.58. The van der Waals surface area contributed by atoms with Crippen molar-refractivity contribution in [2.45, 2.75) is 18.6 Å². The molecule has 0 unspecified atom stereocenters. The van der Waals surface area contributed by atoms with Crippen LogP contribution in [0.25, 0.3) is 20.7 Å². The van der Waals surface area contributed by atoms with Crippen LogP contribution in [0, 0.1) is 5.82 Å². The number of carbonyl (C=O) groups is 1. The standard InChI is InChI=1S/C22H18FN3O2S2/c1-2-26-21(28)20-17(12-18(30-20)14-8-4-3-5-9-14)25-22(26)29-13-19(27)24-16-11-7-6-10-15(16)23/h3-12H,2,13H2,1H3,(H,24,27). The highest BCUT2D eigenvalue weighted by Gasteiger charge is 2.16. The van der Waals surface area contributed by atoms with Crippen LogP contribution < -0.4 is 10.9 Å². The third-order valence-corrected chi connectivity index (χ3v) is 6.59.